The summed E-state index contributed by atoms with van der Waals surface area (Å²) < 4.78 is 13.9. The van der Waals surface area contributed by atoms with Gasteiger partial charge < -0.3 is 9.47 Å². The van der Waals surface area contributed by atoms with Gasteiger partial charge >= 0.3 is 5.97 Å². The minimum atomic E-state index is -1.18. The highest BCUT2D eigenvalue weighted by Gasteiger charge is 2.22. The fourth-order valence-electron chi connectivity index (χ4n) is 2.40. The Kier molecular flexibility index (Phi) is 6.65. The van der Waals surface area contributed by atoms with Crippen LogP contribution in [0.2, 0.25) is 30.7 Å². The lowest BCUT2D eigenvalue weighted by Crippen LogP contribution is -2.22. The van der Waals surface area contributed by atoms with E-state index in [1.54, 1.807) is 16.9 Å². The van der Waals surface area contributed by atoms with Crippen molar-refractivity contribution >= 4 is 25.6 Å². The molecule has 0 unspecified atom stereocenters. The van der Waals surface area contributed by atoms with Gasteiger partial charge in [0, 0.05) is 26.8 Å². The van der Waals surface area contributed by atoms with Crippen LogP contribution in [0.1, 0.15) is 30.4 Å². The molecular formula is C17H27ClN4O3Si. The van der Waals surface area contributed by atoms with Crippen LogP contribution in [0.15, 0.2) is 12.3 Å². The lowest BCUT2D eigenvalue weighted by atomic mass is 10.2. The van der Waals surface area contributed by atoms with Crippen molar-refractivity contribution < 1.29 is 14.3 Å². The van der Waals surface area contributed by atoms with E-state index in [-0.39, 0.29) is 12.8 Å². The summed E-state index contributed by atoms with van der Waals surface area (Å²) in [6, 6.07) is 2.81. The third-order valence-corrected chi connectivity index (χ3v) is 5.85. The molecule has 0 saturated carbocycles. The Balaban J connectivity index is 2.29. The van der Waals surface area contributed by atoms with Crippen LogP contribution < -0.4 is 0 Å². The molecule has 0 atom stereocenters. The van der Waals surface area contributed by atoms with Crippen molar-refractivity contribution in [2.75, 3.05) is 13.7 Å². The van der Waals surface area contributed by atoms with Crippen molar-refractivity contribution in [3.63, 3.8) is 0 Å². The van der Waals surface area contributed by atoms with E-state index in [0.29, 0.717) is 28.7 Å². The highest BCUT2D eigenvalue weighted by Crippen LogP contribution is 2.29. The van der Waals surface area contributed by atoms with Crippen LogP contribution in [0.4, 0.5) is 0 Å². The predicted molar refractivity (Wildman–Crippen MR) is 104 cm³/mol. The lowest BCUT2D eigenvalue weighted by molar-refractivity contribution is 0.0518. The number of ether oxygens (including phenoxy) is 2. The molecule has 0 amide bonds. The first-order valence-corrected chi connectivity index (χ1v) is 12.7. The molecule has 0 aliphatic carbocycles. The van der Waals surface area contributed by atoms with E-state index in [2.05, 4.69) is 29.8 Å². The minimum absolute atomic E-state index is 0.109. The zero-order chi connectivity index (χ0) is 19.5. The largest absolute Gasteiger partial charge is 0.464 e. The molecule has 0 aromatic carbocycles. The number of methoxy groups -OCH3 is 1. The molecule has 0 radical (unpaired) electrons. The zero-order valence-corrected chi connectivity index (χ0v) is 18.0. The van der Waals surface area contributed by atoms with Gasteiger partial charge in [-0.2, -0.15) is 10.2 Å². The number of esters is 1. The van der Waals surface area contributed by atoms with E-state index in [0.717, 1.165) is 6.04 Å². The SMILES string of the molecule is COC(=O)c1cc(-c2c(Cl)cnn2C(C)C)nn1COCC[Si](C)(C)C. The quantitative estimate of drug-likeness (QED) is 0.380. The van der Waals surface area contributed by atoms with Gasteiger partial charge in [0.05, 0.1) is 18.3 Å². The van der Waals surface area contributed by atoms with Crippen LogP contribution in [0.25, 0.3) is 11.4 Å². The molecule has 0 aliphatic rings. The Morgan fingerprint density at radius 1 is 1.35 bits per heavy atom. The summed E-state index contributed by atoms with van der Waals surface area (Å²) in [4.78, 5) is 12.1. The van der Waals surface area contributed by atoms with Crippen LogP contribution in [0.5, 0.6) is 0 Å². The maximum atomic E-state index is 12.1. The number of aromatic nitrogens is 4. The van der Waals surface area contributed by atoms with Crippen LogP contribution in [0.3, 0.4) is 0 Å². The van der Waals surface area contributed by atoms with Gasteiger partial charge in [-0.15, -0.1) is 0 Å². The van der Waals surface area contributed by atoms with Gasteiger partial charge in [0.1, 0.15) is 23.8 Å². The molecule has 2 rings (SSSR count). The van der Waals surface area contributed by atoms with Gasteiger partial charge in [0.15, 0.2) is 0 Å². The Morgan fingerprint density at radius 3 is 2.62 bits per heavy atom. The molecule has 2 aromatic rings. The standard InChI is InChI=1S/C17H27ClN4O3Si/c1-12(2)22-16(13(18)10-19-22)14-9-15(17(23)24-3)21(20-14)11-25-7-8-26(4,5)6/h9-10,12H,7-8,11H2,1-6H3. The third kappa shape index (κ3) is 4.96. The van der Waals surface area contributed by atoms with Gasteiger partial charge in [-0.3, -0.25) is 4.68 Å². The first kappa shape index (κ1) is 20.7. The van der Waals surface area contributed by atoms with Crippen LogP contribution in [0, 0.1) is 0 Å². The average molecular weight is 399 g/mol. The molecule has 2 heterocycles. The Labute approximate surface area is 160 Å². The van der Waals surface area contributed by atoms with E-state index in [1.165, 1.54) is 11.8 Å². The van der Waals surface area contributed by atoms with E-state index in [9.17, 15) is 4.79 Å². The molecule has 9 heteroatoms. The topological polar surface area (TPSA) is 71.2 Å². The van der Waals surface area contributed by atoms with Crippen molar-refractivity contribution in [2.45, 2.75) is 52.3 Å². The maximum Gasteiger partial charge on any atom is 0.356 e. The van der Waals surface area contributed by atoms with Crippen molar-refractivity contribution in [3.05, 3.63) is 23.0 Å². The maximum absolute atomic E-state index is 12.1. The molecule has 0 saturated heterocycles. The van der Waals surface area contributed by atoms with Gasteiger partial charge in [0.2, 0.25) is 0 Å². The van der Waals surface area contributed by atoms with Crippen molar-refractivity contribution in [3.8, 4) is 11.4 Å². The second-order valence-corrected chi connectivity index (χ2v) is 13.7. The number of nitrogens with zero attached hydrogens (tertiary/aromatic N) is 4. The summed E-state index contributed by atoms with van der Waals surface area (Å²) in [5.41, 5.74) is 1.56. The van der Waals surface area contributed by atoms with Crippen molar-refractivity contribution in [2.24, 2.45) is 0 Å². The summed E-state index contributed by atoms with van der Waals surface area (Å²) in [7, 11) is 0.165. The zero-order valence-electron chi connectivity index (χ0n) is 16.2. The summed E-state index contributed by atoms with van der Waals surface area (Å²) in [5, 5.41) is 9.29. The molecular weight excluding hydrogens is 372 g/mol. The first-order valence-electron chi connectivity index (χ1n) is 8.61. The van der Waals surface area contributed by atoms with Crippen LogP contribution >= 0.6 is 11.6 Å². The molecule has 0 fully saturated rings. The highest BCUT2D eigenvalue weighted by molar-refractivity contribution is 6.76. The van der Waals surface area contributed by atoms with Gasteiger partial charge in [-0.05, 0) is 19.9 Å². The van der Waals surface area contributed by atoms with E-state index >= 15 is 0 Å². The predicted octanol–water partition coefficient (Wildman–Crippen LogP) is 4.08. The Bertz CT molecular complexity index is 765. The second kappa shape index (κ2) is 8.37. The Morgan fingerprint density at radius 2 is 2.04 bits per heavy atom. The highest BCUT2D eigenvalue weighted by atomic mass is 35.5. The molecule has 0 N–H and O–H groups in total. The molecule has 26 heavy (non-hydrogen) atoms. The van der Waals surface area contributed by atoms with Gasteiger partial charge in [-0.25, -0.2) is 9.48 Å². The molecule has 144 valence electrons. The number of halogens is 1. The van der Waals surface area contributed by atoms with E-state index in [4.69, 9.17) is 21.1 Å². The second-order valence-electron chi connectivity index (χ2n) is 7.63. The average Bonchev–Trinajstić information content (AvgIpc) is 3.13. The van der Waals surface area contributed by atoms with Crippen LogP contribution in [-0.2, 0) is 16.2 Å². The summed E-state index contributed by atoms with van der Waals surface area (Å²) >= 11 is 6.30. The molecule has 2 aromatic heterocycles. The summed E-state index contributed by atoms with van der Waals surface area (Å²) in [6.45, 7) is 11.7. The first-order chi connectivity index (χ1) is 12.1. The number of hydrogen-bond acceptors (Lipinski definition) is 5. The number of carbonyl (C=O) groups is 1. The number of carbonyl (C=O) groups excluding carboxylic acids is 1. The van der Waals surface area contributed by atoms with Crippen LogP contribution in [-0.4, -0.2) is 47.3 Å². The summed E-state index contributed by atoms with van der Waals surface area (Å²) in [6.07, 6.45) is 1.58. The van der Waals surface area contributed by atoms with E-state index in [1.807, 2.05) is 13.8 Å². The third-order valence-electron chi connectivity index (χ3n) is 3.87. The Hall–Kier alpha value is -1.64. The normalized spacial score (nSPS) is 12.0. The molecule has 0 aliphatic heterocycles. The smallest absolute Gasteiger partial charge is 0.356 e. The molecule has 7 nitrogen and oxygen atoms in total. The van der Waals surface area contributed by atoms with Crippen molar-refractivity contribution in [1.82, 2.24) is 19.6 Å². The molecule has 0 spiro atoms. The van der Waals surface area contributed by atoms with Crippen molar-refractivity contribution in [1.29, 1.82) is 0 Å². The minimum Gasteiger partial charge on any atom is -0.464 e. The van der Waals surface area contributed by atoms with Gasteiger partial charge in [-0.1, -0.05) is 31.2 Å². The number of hydrogen-bond donors (Lipinski definition) is 0. The lowest BCUT2D eigenvalue weighted by Gasteiger charge is -2.15. The fraction of sp³-hybridized carbons (Fsp3) is 0.588. The molecule has 0 bridgehead atoms. The fourth-order valence-corrected chi connectivity index (χ4v) is 3.39. The van der Waals surface area contributed by atoms with Gasteiger partial charge in [0.25, 0.3) is 0 Å². The van der Waals surface area contributed by atoms with E-state index < -0.39 is 14.0 Å². The monoisotopic (exact) mass is 398 g/mol. The summed E-state index contributed by atoms with van der Waals surface area (Å²) in [5.74, 6) is -0.468. The number of rotatable bonds is 8.